The molecule has 0 saturated heterocycles. The van der Waals surface area contributed by atoms with E-state index in [2.05, 4.69) is 4.99 Å². The summed E-state index contributed by atoms with van der Waals surface area (Å²) < 4.78 is 5.30. The van der Waals surface area contributed by atoms with E-state index in [0.29, 0.717) is 5.75 Å². The lowest BCUT2D eigenvalue weighted by Gasteiger charge is -2.14. The maximum absolute atomic E-state index is 10.8. The molecule has 0 saturated carbocycles. The second-order valence-corrected chi connectivity index (χ2v) is 3.62. The molecule has 84 valence electrons. The van der Waals surface area contributed by atoms with Crippen LogP contribution in [0.5, 0.6) is 5.75 Å². The van der Waals surface area contributed by atoms with Crippen molar-refractivity contribution in [2.75, 3.05) is 0 Å². The van der Waals surface area contributed by atoms with Gasteiger partial charge in [-0.3, -0.25) is 4.90 Å². The highest BCUT2D eigenvalue weighted by molar-refractivity contribution is 5.75. The molecule has 0 spiro atoms. The third kappa shape index (κ3) is 1.57. The number of nitrogens with zero attached hydrogens (tertiary/aromatic N) is 2. The predicted octanol–water partition coefficient (Wildman–Crippen LogP) is 0.872. The molecule has 5 nitrogen and oxygen atoms in total. The first-order chi connectivity index (χ1) is 8.24. The van der Waals surface area contributed by atoms with Crippen molar-refractivity contribution in [3.8, 4) is 5.75 Å². The Kier molecular flexibility index (Phi) is 1.98. The fourth-order valence-electron chi connectivity index (χ4n) is 1.74. The SMILES string of the molecule is O=C(O)N1C=Cc2cc3c(cc2=C1)OC=CN=3. The Balaban J connectivity index is 2.21. The zero-order valence-corrected chi connectivity index (χ0v) is 8.70. The summed E-state index contributed by atoms with van der Waals surface area (Å²) in [6.07, 6.45) is 6.82. The maximum atomic E-state index is 10.8. The van der Waals surface area contributed by atoms with Gasteiger partial charge < -0.3 is 9.84 Å². The van der Waals surface area contributed by atoms with Gasteiger partial charge in [-0.2, -0.15) is 0 Å². The molecule has 1 N–H and O–H groups in total. The molecule has 2 aliphatic heterocycles. The van der Waals surface area contributed by atoms with Gasteiger partial charge in [0.2, 0.25) is 0 Å². The minimum Gasteiger partial charge on any atom is -0.464 e. The Morgan fingerprint density at radius 3 is 3.12 bits per heavy atom. The largest absolute Gasteiger partial charge is 0.464 e. The van der Waals surface area contributed by atoms with E-state index in [1.54, 1.807) is 24.5 Å². The van der Waals surface area contributed by atoms with E-state index in [1.807, 2.05) is 6.07 Å². The smallest absolute Gasteiger partial charge is 0.415 e. The molecule has 0 fully saturated rings. The van der Waals surface area contributed by atoms with E-state index < -0.39 is 6.09 Å². The molecular weight excluding hydrogens is 220 g/mol. The van der Waals surface area contributed by atoms with Gasteiger partial charge >= 0.3 is 6.09 Å². The van der Waals surface area contributed by atoms with Crippen LogP contribution in [0.25, 0.3) is 12.3 Å². The van der Waals surface area contributed by atoms with Crippen LogP contribution in [-0.2, 0) is 0 Å². The third-order valence-electron chi connectivity index (χ3n) is 2.55. The number of hydrogen-bond donors (Lipinski definition) is 1. The first-order valence-corrected chi connectivity index (χ1v) is 4.99. The number of benzene rings is 1. The minimum atomic E-state index is -1.02. The van der Waals surface area contributed by atoms with Gasteiger partial charge in [-0.05, 0) is 23.8 Å². The van der Waals surface area contributed by atoms with Crippen LogP contribution in [-0.4, -0.2) is 16.1 Å². The van der Waals surface area contributed by atoms with Gasteiger partial charge in [-0.15, -0.1) is 0 Å². The Bertz CT molecular complexity index is 674. The molecule has 5 heteroatoms. The minimum absolute atomic E-state index is 0.628. The van der Waals surface area contributed by atoms with Crippen LogP contribution >= 0.6 is 0 Å². The van der Waals surface area contributed by atoms with Crippen molar-refractivity contribution in [2.45, 2.75) is 0 Å². The first kappa shape index (κ1) is 9.65. The summed E-state index contributed by atoms with van der Waals surface area (Å²) in [5.74, 6) is 0.628. The zero-order chi connectivity index (χ0) is 11.8. The van der Waals surface area contributed by atoms with Gasteiger partial charge in [0.15, 0.2) is 5.75 Å². The van der Waals surface area contributed by atoms with Crippen molar-refractivity contribution in [3.05, 3.63) is 46.9 Å². The average Bonchev–Trinajstić information content (AvgIpc) is 2.35. The molecule has 0 aliphatic carbocycles. The second kappa shape index (κ2) is 3.48. The van der Waals surface area contributed by atoms with Crippen LogP contribution in [0.15, 0.2) is 35.8 Å². The highest BCUT2D eigenvalue weighted by Crippen LogP contribution is 2.10. The number of carbonyl (C=O) groups is 1. The molecule has 0 bridgehead atoms. The number of rotatable bonds is 0. The summed E-state index contributed by atoms with van der Waals surface area (Å²) >= 11 is 0. The molecule has 1 amide bonds. The van der Waals surface area contributed by atoms with E-state index in [4.69, 9.17) is 9.84 Å². The monoisotopic (exact) mass is 228 g/mol. The Labute approximate surface area is 96.3 Å². The molecular formula is C12H8N2O3. The maximum Gasteiger partial charge on any atom is 0.415 e. The van der Waals surface area contributed by atoms with Crippen LogP contribution in [0.2, 0.25) is 0 Å². The quantitative estimate of drug-likeness (QED) is 0.716. The standard InChI is InChI=1S/C12H8N2O3/c15-12(16)14-3-1-8-5-10-11(6-9(8)7-14)17-4-2-13-10/h1-7H,(H,15,16). The number of hydrogen-bond acceptors (Lipinski definition) is 3. The fourth-order valence-corrected chi connectivity index (χ4v) is 1.74. The lowest BCUT2D eigenvalue weighted by atomic mass is 10.1. The van der Waals surface area contributed by atoms with E-state index in [9.17, 15) is 4.79 Å². The van der Waals surface area contributed by atoms with Crippen molar-refractivity contribution in [2.24, 2.45) is 4.99 Å². The Morgan fingerprint density at radius 1 is 1.41 bits per heavy atom. The Morgan fingerprint density at radius 2 is 2.29 bits per heavy atom. The Hall–Kier alpha value is -2.56. The molecule has 0 radical (unpaired) electrons. The summed E-state index contributed by atoms with van der Waals surface area (Å²) in [4.78, 5) is 16.1. The van der Waals surface area contributed by atoms with E-state index >= 15 is 0 Å². The number of fused-ring (bicyclic) bond motifs is 2. The summed E-state index contributed by atoms with van der Waals surface area (Å²) in [7, 11) is 0. The molecule has 1 aromatic carbocycles. The van der Waals surface area contributed by atoms with E-state index in [1.165, 1.54) is 12.5 Å². The summed E-state index contributed by atoms with van der Waals surface area (Å²) in [5.41, 5.74) is 0.920. The van der Waals surface area contributed by atoms with Gasteiger partial charge in [0.05, 0.1) is 6.20 Å². The first-order valence-electron chi connectivity index (χ1n) is 4.99. The number of ether oxygens (including phenoxy) is 1. The van der Waals surface area contributed by atoms with Gasteiger partial charge in [0.25, 0.3) is 0 Å². The summed E-state index contributed by atoms with van der Waals surface area (Å²) in [6, 6.07) is 3.64. The van der Waals surface area contributed by atoms with Gasteiger partial charge in [0.1, 0.15) is 11.6 Å². The summed E-state index contributed by atoms with van der Waals surface area (Å²) in [5, 5.41) is 10.4. The van der Waals surface area contributed by atoms with Crippen LogP contribution in [0, 0.1) is 0 Å². The number of amides is 1. The molecule has 3 rings (SSSR count). The highest BCUT2D eigenvalue weighted by Gasteiger charge is 2.11. The summed E-state index contributed by atoms with van der Waals surface area (Å²) in [6.45, 7) is 0. The van der Waals surface area contributed by atoms with Crippen molar-refractivity contribution in [1.82, 2.24) is 4.90 Å². The molecule has 17 heavy (non-hydrogen) atoms. The zero-order valence-electron chi connectivity index (χ0n) is 8.70. The lowest BCUT2D eigenvalue weighted by molar-refractivity contribution is 0.179. The van der Waals surface area contributed by atoms with Crippen molar-refractivity contribution < 1.29 is 14.6 Å². The topological polar surface area (TPSA) is 62.1 Å². The van der Waals surface area contributed by atoms with Crippen LogP contribution < -0.4 is 15.3 Å². The van der Waals surface area contributed by atoms with Crippen LogP contribution in [0.3, 0.4) is 0 Å². The van der Waals surface area contributed by atoms with Gasteiger partial charge in [-0.25, -0.2) is 9.79 Å². The van der Waals surface area contributed by atoms with Crippen molar-refractivity contribution in [3.63, 3.8) is 0 Å². The third-order valence-corrected chi connectivity index (χ3v) is 2.55. The molecule has 2 heterocycles. The molecule has 2 aliphatic rings. The van der Waals surface area contributed by atoms with Crippen molar-refractivity contribution in [1.29, 1.82) is 0 Å². The average molecular weight is 228 g/mol. The molecule has 1 aromatic rings. The highest BCUT2D eigenvalue weighted by atomic mass is 16.5. The van der Waals surface area contributed by atoms with E-state index in [0.717, 1.165) is 21.0 Å². The fraction of sp³-hybridized carbons (Fsp3) is 0. The van der Waals surface area contributed by atoms with Crippen LogP contribution in [0.1, 0.15) is 5.56 Å². The van der Waals surface area contributed by atoms with Crippen LogP contribution in [0.4, 0.5) is 4.79 Å². The molecule has 0 atom stereocenters. The van der Waals surface area contributed by atoms with Crippen molar-refractivity contribution >= 4 is 18.4 Å². The normalized spacial score (nSPS) is 15.2. The van der Waals surface area contributed by atoms with E-state index in [-0.39, 0.29) is 0 Å². The predicted molar refractivity (Wildman–Crippen MR) is 60.4 cm³/mol. The number of carboxylic acid groups (broad SMARTS) is 1. The second-order valence-electron chi connectivity index (χ2n) is 3.62. The molecule has 0 aromatic heterocycles. The molecule has 0 unspecified atom stereocenters. The van der Waals surface area contributed by atoms with Gasteiger partial charge in [-0.1, -0.05) is 0 Å². The van der Waals surface area contributed by atoms with Gasteiger partial charge in [0, 0.05) is 17.6 Å². The lowest BCUT2D eigenvalue weighted by Crippen LogP contribution is -2.26.